The lowest BCUT2D eigenvalue weighted by molar-refractivity contribution is 0.589. The highest BCUT2D eigenvalue weighted by Gasteiger charge is 2.07. The number of hydrogen-bond donors (Lipinski definition) is 1. The summed E-state index contributed by atoms with van der Waals surface area (Å²) in [5, 5.41) is 3.21. The third-order valence-electron chi connectivity index (χ3n) is 2.32. The molecule has 0 spiro atoms. The molecule has 0 heterocycles. The van der Waals surface area contributed by atoms with Gasteiger partial charge < -0.3 is 5.32 Å². The first kappa shape index (κ1) is 15.1. The Morgan fingerprint density at radius 3 is 2.40 bits per heavy atom. The minimum Gasteiger partial charge on any atom is -0.316 e. The van der Waals surface area contributed by atoms with Crippen LogP contribution in [0.3, 0.4) is 0 Å². The van der Waals surface area contributed by atoms with Gasteiger partial charge in [-0.2, -0.15) is 0 Å². The monoisotopic (exact) mass is 255 g/mol. The largest absolute Gasteiger partial charge is 0.316 e. The van der Waals surface area contributed by atoms with E-state index >= 15 is 0 Å². The van der Waals surface area contributed by atoms with Crippen LogP contribution in [0.1, 0.15) is 20.3 Å². The molecule has 6 heteroatoms. The van der Waals surface area contributed by atoms with Crippen LogP contribution in [-0.4, -0.2) is 48.7 Å². The Labute approximate surface area is 95.2 Å². The summed E-state index contributed by atoms with van der Waals surface area (Å²) in [4.78, 5) is 0. The number of nitrogens with one attached hydrogen (secondary N) is 1. The van der Waals surface area contributed by atoms with Crippen molar-refractivity contribution >= 4 is 20.6 Å². The lowest BCUT2D eigenvalue weighted by Crippen LogP contribution is -2.27. The molecule has 0 aliphatic carbocycles. The average Bonchev–Trinajstić information content (AvgIpc) is 2.16. The summed E-state index contributed by atoms with van der Waals surface area (Å²) in [6, 6.07) is 0. The zero-order valence-corrected chi connectivity index (χ0v) is 11.3. The van der Waals surface area contributed by atoms with Crippen molar-refractivity contribution in [2.45, 2.75) is 25.5 Å². The minimum atomic E-state index is -2.86. The van der Waals surface area contributed by atoms with E-state index < -0.39 is 20.6 Å². The number of sulfone groups is 1. The standard InChI is InChI=1S/C9H21NO3S2/c1-4-15(12,13)8-7-10-6-5-9(2)14(3)11/h9-10H,4-8H2,1-3H3. The molecule has 0 aliphatic rings. The van der Waals surface area contributed by atoms with Gasteiger partial charge in [-0.05, 0) is 13.0 Å². The SMILES string of the molecule is CCS(=O)(=O)CCNCCC(C)S(C)=O. The third kappa shape index (κ3) is 7.93. The van der Waals surface area contributed by atoms with Crippen LogP contribution in [0.15, 0.2) is 0 Å². The molecule has 0 fully saturated rings. The van der Waals surface area contributed by atoms with Gasteiger partial charge >= 0.3 is 0 Å². The Bertz CT molecular complexity index is 288. The second-order valence-corrected chi connectivity index (χ2v) is 7.86. The van der Waals surface area contributed by atoms with Crippen molar-refractivity contribution in [2.75, 3.05) is 30.9 Å². The van der Waals surface area contributed by atoms with Crippen LogP contribution in [0, 0.1) is 0 Å². The molecule has 0 aromatic carbocycles. The van der Waals surface area contributed by atoms with E-state index in [1.807, 2.05) is 6.92 Å². The summed E-state index contributed by atoms with van der Waals surface area (Å²) < 4.78 is 33.2. The van der Waals surface area contributed by atoms with Crippen LogP contribution >= 0.6 is 0 Å². The molecule has 92 valence electrons. The summed E-state index contributed by atoms with van der Waals surface area (Å²) in [5.41, 5.74) is 0. The van der Waals surface area contributed by atoms with Gasteiger partial charge in [0.25, 0.3) is 0 Å². The van der Waals surface area contributed by atoms with Crippen molar-refractivity contribution in [1.82, 2.24) is 5.32 Å². The van der Waals surface area contributed by atoms with Crippen molar-refractivity contribution in [3.05, 3.63) is 0 Å². The van der Waals surface area contributed by atoms with Crippen LogP contribution in [0.25, 0.3) is 0 Å². The van der Waals surface area contributed by atoms with E-state index in [1.165, 1.54) is 0 Å². The molecule has 0 aliphatic heterocycles. The van der Waals surface area contributed by atoms with Crippen molar-refractivity contribution in [3.63, 3.8) is 0 Å². The molecule has 0 bridgehead atoms. The predicted octanol–water partition coefficient (Wildman–Crippen LogP) is 0.168. The normalized spacial score (nSPS) is 16.2. The maximum absolute atomic E-state index is 11.1. The highest BCUT2D eigenvalue weighted by Crippen LogP contribution is 1.97. The molecule has 0 aromatic rings. The summed E-state index contributed by atoms with van der Waals surface area (Å²) >= 11 is 0. The zero-order chi connectivity index (χ0) is 11.9. The quantitative estimate of drug-likeness (QED) is 0.628. The molecule has 0 radical (unpaired) electrons. The molecule has 0 rings (SSSR count). The van der Waals surface area contributed by atoms with Gasteiger partial charge in [-0.25, -0.2) is 8.42 Å². The summed E-state index contributed by atoms with van der Waals surface area (Å²) in [7, 11) is -3.65. The second-order valence-electron chi connectivity index (χ2n) is 3.58. The Balaban J connectivity index is 3.53. The van der Waals surface area contributed by atoms with Gasteiger partial charge in [0.2, 0.25) is 0 Å². The first-order valence-electron chi connectivity index (χ1n) is 5.12. The van der Waals surface area contributed by atoms with Crippen LogP contribution in [0.2, 0.25) is 0 Å². The summed E-state index contributed by atoms with van der Waals surface area (Å²) in [5.74, 6) is 0.386. The molecule has 1 N–H and O–H groups in total. The maximum atomic E-state index is 11.1. The molecular formula is C9H21NO3S2. The zero-order valence-electron chi connectivity index (χ0n) is 9.65. The fourth-order valence-electron chi connectivity index (χ4n) is 0.968. The van der Waals surface area contributed by atoms with Gasteiger partial charge in [-0.15, -0.1) is 0 Å². The Morgan fingerprint density at radius 1 is 1.33 bits per heavy atom. The highest BCUT2D eigenvalue weighted by atomic mass is 32.2. The van der Waals surface area contributed by atoms with E-state index in [4.69, 9.17) is 0 Å². The first-order chi connectivity index (χ1) is 6.89. The van der Waals surface area contributed by atoms with Crippen molar-refractivity contribution in [3.8, 4) is 0 Å². The molecule has 0 saturated carbocycles. The second kappa shape index (κ2) is 7.35. The first-order valence-corrected chi connectivity index (χ1v) is 8.56. The maximum Gasteiger partial charge on any atom is 0.151 e. The van der Waals surface area contributed by atoms with E-state index in [0.29, 0.717) is 6.54 Å². The van der Waals surface area contributed by atoms with Crippen LogP contribution in [0.4, 0.5) is 0 Å². The highest BCUT2D eigenvalue weighted by molar-refractivity contribution is 7.91. The van der Waals surface area contributed by atoms with Gasteiger partial charge in [-0.1, -0.05) is 13.8 Å². The van der Waals surface area contributed by atoms with Gasteiger partial charge in [0.15, 0.2) is 9.84 Å². The van der Waals surface area contributed by atoms with Crippen LogP contribution in [-0.2, 0) is 20.6 Å². The minimum absolute atomic E-state index is 0.167. The smallest absolute Gasteiger partial charge is 0.151 e. The Kier molecular flexibility index (Phi) is 7.38. The Hall–Kier alpha value is 0.0600. The van der Waals surface area contributed by atoms with Gasteiger partial charge in [0.05, 0.1) is 5.75 Å². The van der Waals surface area contributed by atoms with Gasteiger partial charge in [-0.3, -0.25) is 4.21 Å². The topological polar surface area (TPSA) is 63.2 Å². The van der Waals surface area contributed by atoms with Gasteiger partial charge in [0.1, 0.15) is 0 Å². The van der Waals surface area contributed by atoms with Crippen LogP contribution in [0.5, 0.6) is 0 Å². The lowest BCUT2D eigenvalue weighted by Gasteiger charge is -2.08. The molecule has 0 aromatic heterocycles. The molecule has 0 amide bonds. The fourth-order valence-corrected chi connectivity index (χ4v) is 2.16. The van der Waals surface area contributed by atoms with E-state index in [-0.39, 0.29) is 16.8 Å². The molecule has 0 saturated heterocycles. The van der Waals surface area contributed by atoms with Crippen molar-refractivity contribution in [2.24, 2.45) is 0 Å². The van der Waals surface area contributed by atoms with E-state index in [2.05, 4.69) is 5.32 Å². The molecule has 15 heavy (non-hydrogen) atoms. The van der Waals surface area contributed by atoms with E-state index in [0.717, 1.165) is 13.0 Å². The Morgan fingerprint density at radius 2 is 1.93 bits per heavy atom. The number of hydrogen-bond acceptors (Lipinski definition) is 4. The average molecular weight is 255 g/mol. The molecule has 2 atom stereocenters. The molecular weight excluding hydrogens is 234 g/mol. The lowest BCUT2D eigenvalue weighted by atomic mass is 10.3. The van der Waals surface area contributed by atoms with Crippen molar-refractivity contribution in [1.29, 1.82) is 0 Å². The number of rotatable bonds is 8. The van der Waals surface area contributed by atoms with Crippen molar-refractivity contribution < 1.29 is 12.6 Å². The molecule has 2 unspecified atom stereocenters. The summed E-state index contributed by atoms with van der Waals surface area (Å²) in [6.45, 7) is 4.79. The van der Waals surface area contributed by atoms with Gasteiger partial charge in [0, 0.05) is 34.6 Å². The van der Waals surface area contributed by atoms with E-state index in [1.54, 1.807) is 13.2 Å². The third-order valence-corrected chi connectivity index (χ3v) is 5.40. The predicted molar refractivity (Wildman–Crippen MR) is 65.3 cm³/mol. The fraction of sp³-hybridized carbons (Fsp3) is 1.00. The summed E-state index contributed by atoms with van der Waals surface area (Å²) in [6.07, 6.45) is 2.50. The molecule has 4 nitrogen and oxygen atoms in total. The van der Waals surface area contributed by atoms with E-state index in [9.17, 15) is 12.6 Å². The van der Waals surface area contributed by atoms with Crippen LogP contribution < -0.4 is 5.32 Å².